The van der Waals surface area contributed by atoms with E-state index in [1.807, 2.05) is 30.3 Å². The van der Waals surface area contributed by atoms with E-state index in [2.05, 4.69) is 165 Å². The monoisotopic (exact) mass is 740 g/mol. The lowest BCUT2D eigenvalue weighted by atomic mass is 9.85. The number of benzene rings is 5. The van der Waals surface area contributed by atoms with Crippen LogP contribution in [0.1, 0.15) is 52.7 Å². The summed E-state index contributed by atoms with van der Waals surface area (Å²) in [5, 5.41) is 2.48. The molecule has 0 aliphatic heterocycles. The van der Waals surface area contributed by atoms with E-state index in [-0.39, 0.29) is 10.8 Å². The van der Waals surface area contributed by atoms with Crippen LogP contribution in [0.3, 0.4) is 0 Å². The maximum absolute atomic E-state index is 5.13. The second kappa shape index (κ2) is 14.1. The topological polar surface area (TPSA) is 69.4 Å². The van der Waals surface area contributed by atoms with Gasteiger partial charge in [0.2, 0.25) is 0 Å². The molecular formula is C51H44N6. The fourth-order valence-electron chi connectivity index (χ4n) is 7.62. The SMILES string of the molecule is CC(C)(C)c1ccc2c(c1)c1cc(C(C)(C)C)ccc1n2-c1c(-c2ccccc2)cc(-c2nc(-c3cccnc3)nc(-c3ccccn3)n2)cc1-c1ccccc1. The summed E-state index contributed by atoms with van der Waals surface area (Å²) in [6.45, 7) is 13.7. The smallest absolute Gasteiger partial charge is 0.182 e. The molecule has 0 N–H and O–H groups in total. The molecule has 6 heteroatoms. The molecule has 0 spiro atoms. The van der Waals surface area contributed by atoms with Crippen LogP contribution in [0.15, 0.2) is 158 Å². The highest BCUT2D eigenvalue weighted by Crippen LogP contribution is 2.45. The highest BCUT2D eigenvalue weighted by Gasteiger charge is 2.25. The minimum absolute atomic E-state index is 0.0103. The molecule has 0 amide bonds. The second-order valence-electron chi connectivity index (χ2n) is 16.7. The summed E-state index contributed by atoms with van der Waals surface area (Å²) in [5.41, 5.74) is 12.6. The van der Waals surface area contributed by atoms with Crippen molar-refractivity contribution in [2.75, 3.05) is 0 Å². The Kier molecular flexibility index (Phi) is 8.85. The van der Waals surface area contributed by atoms with E-state index in [0.29, 0.717) is 23.2 Å². The van der Waals surface area contributed by atoms with E-state index in [0.717, 1.165) is 50.1 Å². The Morgan fingerprint density at radius 3 is 1.44 bits per heavy atom. The molecule has 0 bridgehead atoms. The van der Waals surface area contributed by atoms with Gasteiger partial charge < -0.3 is 4.57 Å². The number of rotatable bonds is 6. The van der Waals surface area contributed by atoms with E-state index in [1.165, 1.54) is 21.9 Å². The molecule has 0 saturated heterocycles. The van der Waals surface area contributed by atoms with Crippen molar-refractivity contribution < 1.29 is 0 Å². The molecule has 5 aromatic carbocycles. The molecule has 6 nitrogen and oxygen atoms in total. The third-order valence-corrected chi connectivity index (χ3v) is 10.7. The summed E-state index contributed by atoms with van der Waals surface area (Å²) in [5.74, 6) is 1.59. The Labute approximate surface area is 334 Å². The van der Waals surface area contributed by atoms with Gasteiger partial charge in [-0.25, -0.2) is 15.0 Å². The van der Waals surface area contributed by atoms with Gasteiger partial charge in [-0.2, -0.15) is 0 Å². The third-order valence-electron chi connectivity index (χ3n) is 10.7. The van der Waals surface area contributed by atoms with Crippen molar-refractivity contribution in [1.29, 1.82) is 0 Å². The first-order chi connectivity index (χ1) is 27.5. The molecule has 0 saturated carbocycles. The van der Waals surface area contributed by atoms with E-state index >= 15 is 0 Å². The van der Waals surface area contributed by atoms with E-state index in [9.17, 15) is 0 Å². The molecule has 57 heavy (non-hydrogen) atoms. The predicted octanol–water partition coefficient (Wildman–Crippen LogP) is 12.7. The summed E-state index contributed by atoms with van der Waals surface area (Å²) in [4.78, 5) is 24.2. The maximum Gasteiger partial charge on any atom is 0.182 e. The molecule has 9 rings (SSSR count). The first kappa shape index (κ1) is 35.9. The summed E-state index contributed by atoms with van der Waals surface area (Å²) in [6.07, 6.45) is 5.30. The average molecular weight is 741 g/mol. The lowest BCUT2D eigenvalue weighted by molar-refractivity contribution is 0.590. The lowest BCUT2D eigenvalue weighted by Crippen LogP contribution is -2.10. The van der Waals surface area contributed by atoms with Crippen LogP contribution in [0.2, 0.25) is 0 Å². The summed E-state index contributed by atoms with van der Waals surface area (Å²) >= 11 is 0. The fourth-order valence-corrected chi connectivity index (χ4v) is 7.62. The second-order valence-corrected chi connectivity index (χ2v) is 16.7. The highest BCUT2D eigenvalue weighted by atomic mass is 15.0. The first-order valence-electron chi connectivity index (χ1n) is 19.5. The van der Waals surface area contributed by atoms with Gasteiger partial charge in [0.25, 0.3) is 0 Å². The predicted molar refractivity (Wildman–Crippen MR) is 234 cm³/mol. The zero-order valence-corrected chi connectivity index (χ0v) is 33.2. The zero-order chi connectivity index (χ0) is 39.3. The minimum atomic E-state index is -0.0103. The van der Waals surface area contributed by atoms with E-state index in [4.69, 9.17) is 15.0 Å². The number of pyridine rings is 2. The minimum Gasteiger partial charge on any atom is -0.308 e. The van der Waals surface area contributed by atoms with Gasteiger partial charge in [0.15, 0.2) is 17.5 Å². The van der Waals surface area contributed by atoms with Crippen molar-refractivity contribution in [3.8, 4) is 62.2 Å². The van der Waals surface area contributed by atoms with Gasteiger partial charge in [0.1, 0.15) is 5.69 Å². The quantitative estimate of drug-likeness (QED) is 0.170. The number of hydrogen-bond acceptors (Lipinski definition) is 5. The standard InChI is InChI=1S/C51H44N6/c1-50(2,3)37-22-24-44-41(30-37)42-31-38(51(4,5)6)23-25-45(42)57(44)46-39(33-16-9-7-10-17-33)28-36(29-40(46)34-18-11-8-12-19-34)48-54-47(35-20-15-26-52-32-35)55-49(56-48)43-21-13-14-27-53-43/h7-32H,1-6H3. The van der Waals surface area contributed by atoms with Crippen molar-refractivity contribution in [3.05, 3.63) is 169 Å². The van der Waals surface area contributed by atoms with E-state index in [1.54, 1.807) is 18.6 Å². The Morgan fingerprint density at radius 2 is 0.947 bits per heavy atom. The Hall–Kier alpha value is -6.79. The van der Waals surface area contributed by atoms with E-state index < -0.39 is 0 Å². The molecule has 0 fully saturated rings. The van der Waals surface area contributed by atoms with Crippen LogP contribution < -0.4 is 0 Å². The molecule has 4 aromatic heterocycles. The van der Waals surface area contributed by atoms with Crippen LogP contribution in [0.25, 0.3) is 84.0 Å². The summed E-state index contributed by atoms with van der Waals surface area (Å²) < 4.78 is 2.48. The largest absolute Gasteiger partial charge is 0.308 e. The Morgan fingerprint density at radius 1 is 0.439 bits per heavy atom. The molecule has 0 radical (unpaired) electrons. The summed E-state index contributed by atoms with van der Waals surface area (Å²) in [7, 11) is 0. The zero-order valence-electron chi connectivity index (χ0n) is 33.2. The average Bonchev–Trinajstić information content (AvgIpc) is 3.56. The van der Waals surface area contributed by atoms with Crippen LogP contribution in [-0.2, 0) is 10.8 Å². The van der Waals surface area contributed by atoms with Gasteiger partial charge >= 0.3 is 0 Å². The number of hydrogen-bond donors (Lipinski definition) is 0. The number of aromatic nitrogens is 6. The number of fused-ring (bicyclic) bond motifs is 3. The third kappa shape index (κ3) is 6.78. The Balaban J connectivity index is 1.41. The van der Waals surface area contributed by atoms with Crippen molar-refractivity contribution in [2.45, 2.75) is 52.4 Å². The van der Waals surface area contributed by atoms with Gasteiger partial charge in [-0.1, -0.05) is 120 Å². The molecule has 0 unspecified atom stereocenters. The van der Waals surface area contributed by atoms with Gasteiger partial charge in [-0.05, 0) is 93.7 Å². The molecular weight excluding hydrogens is 697 g/mol. The van der Waals surface area contributed by atoms with Crippen LogP contribution in [0, 0.1) is 0 Å². The number of nitrogens with zero attached hydrogens (tertiary/aromatic N) is 6. The first-order valence-corrected chi connectivity index (χ1v) is 19.5. The Bertz CT molecular complexity index is 2700. The molecule has 278 valence electrons. The lowest BCUT2D eigenvalue weighted by Gasteiger charge is -2.22. The maximum atomic E-state index is 5.13. The highest BCUT2D eigenvalue weighted by molar-refractivity contribution is 6.11. The van der Waals surface area contributed by atoms with Gasteiger partial charge in [0, 0.05) is 51.6 Å². The van der Waals surface area contributed by atoms with Crippen molar-refractivity contribution >= 4 is 21.8 Å². The summed E-state index contributed by atoms with van der Waals surface area (Å²) in [6, 6.07) is 49.5. The normalized spacial score (nSPS) is 12.0. The molecule has 9 aromatic rings. The van der Waals surface area contributed by atoms with Crippen molar-refractivity contribution in [1.82, 2.24) is 29.5 Å². The van der Waals surface area contributed by atoms with Gasteiger partial charge in [-0.3, -0.25) is 9.97 Å². The van der Waals surface area contributed by atoms with Crippen LogP contribution in [0.4, 0.5) is 0 Å². The van der Waals surface area contributed by atoms with Crippen LogP contribution in [0.5, 0.6) is 0 Å². The molecule has 4 heterocycles. The van der Waals surface area contributed by atoms with Gasteiger partial charge in [-0.15, -0.1) is 0 Å². The van der Waals surface area contributed by atoms with Crippen molar-refractivity contribution in [3.63, 3.8) is 0 Å². The molecule has 0 aliphatic rings. The van der Waals surface area contributed by atoms with Crippen LogP contribution in [-0.4, -0.2) is 29.5 Å². The van der Waals surface area contributed by atoms with Crippen molar-refractivity contribution in [2.24, 2.45) is 0 Å². The molecule has 0 aliphatic carbocycles. The van der Waals surface area contributed by atoms with Crippen LogP contribution >= 0.6 is 0 Å². The fraction of sp³-hybridized carbons (Fsp3) is 0.157. The molecule has 0 atom stereocenters. The van der Waals surface area contributed by atoms with Gasteiger partial charge in [0.05, 0.1) is 16.7 Å².